The monoisotopic (exact) mass is 319 g/mol. The second-order valence-corrected chi connectivity index (χ2v) is 5.24. The van der Waals surface area contributed by atoms with Crippen molar-refractivity contribution in [1.82, 2.24) is 5.32 Å². The van der Waals surface area contributed by atoms with Gasteiger partial charge in [-0.3, -0.25) is 4.79 Å². The van der Waals surface area contributed by atoms with E-state index in [1.54, 1.807) is 6.92 Å². The van der Waals surface area contributed by atoms with Crippen LogP contribution < -0.4 is 5.32 Å². The summed E-state index contributed by atoms with van der Waals surface area (Å²) in [5, 5.41) is 21.6. The third-order valence-corrected chi connectivity index (χ3v) is 3.33. The number of aliphatic hydroxyl groups excluding tert-OH is 1. The van der Waals surface area contributed by atoms with Crippen molar-refractivity contribution in [3.05, 3.63) is 35.4 Å². The van der Waals surface area contributed by atoms with Crippen molar-refractivity contribution in [2.24, 2.45) is 5.92 Å². The van der Waals surface area contributed by atoms with Crippen molar-refractivity contribution in [3.8, 4) is 0 Å². The van der Waals surface area contributed by atoms with E-state index >= 15 is 0 Å². The van der Waals surface area contributed by atoms with E-state index in [4.69, 9.17) is 5.11 Å². The number of carboxylic acid groups (broad SMARTS) is 1. The highest BCUT2D eigenvalue weighted by Crippen LogP contribution is 2.30. The molecule has 1 aromatic rings. The topological polar surface area (TPSA) is 69.6 Å². The maximum Gasteiger partial charge on any atom is 0.416 e. The molecule has 0 heterocycles. The Morgan fingerprint density at radius 1 is 1.27 bits per heavy atom. The molecule has 0 aliphatic heterocycles. The van der Waals surface area contributed by atoms with Gasteiger partial charge in [0.2, 0.25) is 0 Å². The Balaban J connectivity index is 2.45. The van der Waals surface area contributed by atoms with Crippen molar-refractivity contribution in [2.75, 3.05) is 13.1 Å². The third-order valence-electron chi connectivity index (χ3n) is 3.33. The number of aliphatic carboxylic acids is 1. The fraction of sp³-hybridized carbons (Fsp3) is 0.533. The lowest BCUT2D eigenvalue weighted by atomic mass is 9.96. The summed E-state index contributed by atoms with van der Waals surface area (Å²) in [4.78, 5) is 10.3. The molecule has 0 saturated heterocycles. The van der Waals surface area contributed by atoms with E-state index in [1.165, 1.54) is 12.1 Å². The van der Waals surface area contributed by atoms with E-state index < -0.39 is 23.8 Å². The highest BCUT2D eigenvalue weighted by molar-refractivity contribution is 5.66. The highest BCUT2D eigenvalue weighted by Gasteiger charge is 2.30. The van der Waals surface area contributed by atoms with Gasteiger partial charge in [-0.05, 0) is 36.6 Å². The van der Waals surface area contributed by atoms with Gasteiger partial charge in [0.05, 0.1) is 11.7 Å². The quantitative estimate of drug-likeness (QED) is 0.645. The Bertz CT molecular complexity index is 474. The Morgan fingerprint density at radius 2 is 1.86 bits per heavy atom. The van der Waals surface area contributed by atoms with Crippen LogP contribution in [0.5, 0.6) is 0 Å². The maximum atomic E-state index is 12.5. The molecular formula is C15H20F3NO3. The zero-order valence-electron chi connectivity index (χ0n) is 12.2. The van der Waals surface area contributed by atoms with Gasteiger partial charge < -0.3 is 15.5 Å². The number of rotatable bonds is 8. The Kier molecular flexibility index (Phi) is 6.83. The highest BCUT2D eigenvalue weighted by atomic mass is 19.4. The average Bonchev–Trinajstić information content (AvgIpc) is 2.44. The van der Waals surface area contributed by atoms with Crippen LogP contribution >= 0.6 is 0 Å². The van der Waals surface area contributed by atoms with Gasteiger partial charge in [0.15, 0.2) is 0 Å². The minimum Gasteiger partial charge on any atom is -0.481 e. The Hall–Kier alpha value is -1.60. The van der Waals surface area contributed by atoms with E-state index in [0.717, 1.165) is 12.1 Å². The summed E-state index contributed by atoms with van der Waals surface area (Å²) < 4.78 is 37.4. The molecule has 0 fully saturated rings. The molecule has 2 atom stereocenters. The molecule has 1 rings (SSSR count). The van der Waals surface area contributed by atoms with Gasteiger partial charge in [-0.25, -0.2) is 0 Å². The lowest BCUT2D eigenvalue weighted by molar-refractivity contribution is -0.138. The van der Waals surface area contributed by atoms with Gasteiger partial charge in [-0.15, -0.1) is 0 Å². The SMILES string of the molecule is CC(CNCCCC(=O)O)C(O)c1ccc(C(F)(F)F)cc1. The second kappa shape index (κ2) is 8.14. The molecule has 2 unspecified atom stereocenters. The van der Waals surface area contributed by atoms with E-state index in [1.807, 2.05) is 0 Å². The van der Waals surface area contributed by atoms with Gasteiger partial charge in [0, 0.05) is 13.0 Å². The standard InChI is InChI=1S/C15H20F3NO3/c1-10(9-19-8-2-3-13(20)21)14(22)11-4-6-12(7-5-11)15(16,17)18/h4-7,10,14,19,22H,2-3,8-9H2,1H3,(H,20,21). The molecule has 0 aliphatic rings. The van der Waals surface area contributed by atoms with Gasteiger partial charge in [-0.2, -0.15) is 13.2 Å². The summed E-state index contributed by atoms with van der Waals surface area (Å²) in [6.07, 6.45) is -4.71. The first-order chi connectivity index (χ1) is 10.2. The number of hydrogen-bond donors (Lipinski definition) is 3. The van der Waals surface area contributed by atoms with E-state index in [0.29, 0.717) is 25.1 Å². The minimum absolute atomic E-state index is 0.0723. The number of halogens is 3. The van der Waals surface area contributed by atoms with Crippen LogP contribution in [-0.4, -0.2) is 29.3 Å². The van der Waals surface area contributed by atoms with Gasteiger partial charge in [0.25, 0.3) is 0 Å². The molecule has 4 nitrogen and oxygen atoms in total. The van der Waals surface area contributed by atoms with Crippen LogP contribution in [0.3, 0.4) is 0 Å². The van der Waals surface area contributed by atoms with Crippen LogP contribution in [0.4, 0.5) is 13.2 Å². The van der Waals surface area contributed by atoms with Crippen LogP contribution in [0.25, 0.3) is 0 Å². The van der Waals surface area contributed by atoms with Crippen LogP contribution in [0.2, 0.25) is 0 Å². The molecule has 0 bridgehead atoms. The molecule has 22 heavy (non-hydrogen) atoms. The van der Waals surface area contributed by atoms with Crippen molar-refractivity contribution >= 4 is 5.97 Å². The molecule has 0 radical (unpaired) electrons. The molecule has 0 aromatic heterocycles. The number of hydrogen-bond acceptors (Lipinski definition) is 3. The fourth-order valence-corrected chi connectivity index (χ4v) is 2.00. The third kappa shape index (κ3) is 6.03. The van der Waals surface area contributed by atoms with Crippen molar-refractivity contribution in [3.63, 3.8) is 0 Å². The largest absolute Gasteiger partial charge is 0.481 e. The van der Waals surface area contributed by atoms with Crippen molar-refractivity contribution in [1.29, 1.82) is 0 Å². The summed E-state index contributed by atoms with van der Waals surface area (Å²) in [7, 11) is 0. The van der Waals surface area contributed by atoms with Gasteiger partial charge in [-0.1, -0.05) is 19.1 Å². The minimum atomic E-state index is -4.39. The molecule has 0 spiro atoms. The zero-order chi connectivity index (χ0) is 16.8. The summed E-state index contributed by atoms with van der Waals surface area (Å²) in [5.74, 6) is -1.07. The Labute approximate surface area is 127 Å². The molecule has 0 saturated carbocycles. The molecule has 124 valence electrons. The molecule has 1 aromatic carbocycles. The lowest BCUT2D eigenvalue weighted by Crippen LogP contribution is -2.26. The molecule has 0 amide bonds. The number of carboxylic acids is 1. The molecule has 3 N–H and O–H groups in total. The smallest absolute Gasteiger partial charge is 0.416 e. The van der Waals surface area contributed by atoms with Crippen LogP contribution in [0.15, 0.2) is 24.3 Å². The maximum absolute atomic E-state index is 12.5. The zero-order valence-corrected chi connectivity index (χ0v) is 12.2. The summed E-state index contributed by atoms with van der Waals surface area (Å²) in [5.41, 5.74) is -0.323. The lowest BCUT2D eigenvalue weighted by Gasteiger charge is -2.20. The summed E-state index contributed by atoms with van der Waals surface area (Å²) in [6, 6.07) is 4.44. The van der Waals surface area contributed by atoms with Gasteiger partial charge in [0.1, 0.15) is 0 Å². The van der Waals surface area contributed by atoms with Crippen molar-refractivity contribution < 1.29 is 28.2 Å². The predicted octanol–water partition coefficient (Wildman–Crippen LogP) is 2.83. The number of carbonyl (C=O) groups is 1. The van der Waals surface area contributed by atoms with Crippen molar-refractivity contribution in [2.45, 2.75) is 32.0 Å². The average molecular weight is 319 g/mol. The number of benzene rings is 1. The van der Waals surface area contributed by atoms with Gasteiger partial charge >= 0.3 is 12.1 Å². The number of aliphatic hydroxyl groups is 1. The second-order valence-electron chi connectivity index (χ2n) is 5.24. The van der Waals surface area contributed by atoms with Crippen LogP contribution in [0.1, 0.15) is 37.0 Å². The first-order valence-electron chi connectivity index (χ1n) is 6.99. The van der Waals surface area contributed by atoms with E-state index in [2.05, 4.69) is 5.32 Å². The van der Waals surface area contributed by atoms with Crippen LogP contribution in [0, 0.1) is 5.92 Å². The first-order valence-corrected chi connectivity index (χ1v) is 6.99. The molecule has 0 aliphatic carbocycles. The van der Waals surface area contributed by atoms with E-state index in [-0.39, 0.29) is 12.3 Å². The summed E-state index contributed by atoms with van der Waals surface area (Å²) >= 11 is 0. The van der Waals surface area contributed by atoms with E-state index in [9.17, 15) is 23.1 Å². The Morgan fingerprint density at radius 3 is 2.36 bits per heavy atom. The first kappa shape index (κ1) is 18.4. The fourth-order valence-electron chi connectivity index (χ4n) is 2.00. The number of alkyl halides is 3. The van der Waals surface area contributed by atoms with Crippen LogP contribution in [-0.2, 0) is 11.0 Å². The normalized spacial score (nSPS) is 14.6. The molecular weight excluding hydrogens is 299 g/mol. The molecule has 7 heteroatoms. The summed E-state index contributed by atoms with van der Waals surface area (Å²) in [6.45, 7) is 2.73. The predicted molar refractivity (Wildman–Crippen MR) is 75.3 cm³/mol. The number of nitrogens with one attached hydrogen (secondary N) is 1.